The average molecular weight is 265 g/mol. The molecular formula is C13H10F3N3. The topological polar surface area (TPSA) is 30.2 Å². The molecule has 19 heavy (non-hydrogen) atoms. The van der Waals surface area contributed by atoms with Gasteiger partial charge >= 0.3 is 6.18 Å². The Morgan fingerprint density at radius 2 is 2.05 bits per heavy atom. The summed E-state index contributed by atoms with van der Waals surface area (Å²) < 4.78 is 40.1. The van der Waals surface area contributed by atoms with E-state index in [2.05, 4.69) is 10.1 Å². The monoisotopic (exact) mass is 265 g/mol. The normalized spacial score (nSPS) is 15.3. The van der Waals surface area contributed by atoms with Gasteiger partial charge in [-0.1, -0.05) is 18.2 Å². The van der Waals surface area contributed by atoms with Gasteiger partial charge in [0.15, 0.2) is 11.3 Å². The van der Waals surface area contributed by atoms with Crippen LogP contribution in [-0.2, 0) is 6.18 Å². The van der Waals surface area contributed by atoms with E-state index in [1.807, 2.05) is 12.2 Å². The first-order valence-corrected chi connectivity index (χ1v) is 5.76. The Morgan fingerprint density at radius 1 is 1.26 bits per heavy atom. The molecule has 0 unspecified atom stereocenters. The van der Waals surface area contributed by atoms with Crippen molar-refractivity contribution >= 4 is 11.2 Å². The van der Waals surface area contributed by atoms with Gasteiger partial charge in [0.1, 0.15) is 0 Å². The zero-order valence-electron chi connectivity index (χ0n) is 10.1. The quantitative estimate of drug-likeness (QED) is 0.791. The summed E-state index contributed by atoms with van der Waals surface area (Å²) in [6, 6.07) is 2.60. The van der Waals surface area contributed by atoms with Gasteiger partial charge in [-0.15, -0.1) is 0 Å². The largest absolute Gasteiger partial charge is 0.433 e. The van der Waals surface area contributed by atoms with Crippen LogP contribution >= 0.6 is 0 Å². The van der Waals surface area contributed by atoms with Crippen LogP contribution in [0.25, 0.3) is 11.2 Å². The summed E-state index contributed by atoms with van der Waals surface area (Å²) in [5.41, 5.74) is 1.06. The minimum Gasteiger partial charge on any atom is -0.229 e. The minimum absolute atomic E-state index is 0.218. The van der Waals surface area contributed by atoms with Crippen molar-refractivity contribution in [2.75, 3.05) is 0 Å². The molecule has 0 radical (unpaired) electrons. The molecule has 0 saturated carbocycles. The average Bonchev–Trinajstić information content (AvgIpc) is 2.92. The Kier molecular flexibility index (Phi) is 2.48. The highest BCUT2D eigenvalue weighted by Gasteiger charge is 2.35. The van der Waals surface area contributed by atoms with Gasteiger partial charge in [0.2, 0.25) is 0 Å². The molecule has 0 aromatic carbocycles. The highest BCUT2D eigenvalue weighted by molar-refractivity contribution is 5.70. The standard InChI is InChI=1S/C13H10F3N3/c1-8-6-12-17-10(9-4-2-3-5-9)7-11(13(14,15)16)19(12)18-8/h2-4,6-7H,5H2,1H3. The molecule has 0 atom stereocenters. The van der Waals surface area contributed by atoms with E-state index in [0.717, 1.165) is 16.2 Å². The van der Waals surface area contributed by atoms with Crippen molar-refractivity contribution < 1.29 is 13.2 Å². The number of fused-ring (bicyclic) bond motifs is 1. The van der Waals surface area contributed by atoms with E-state index in [1.54, 1.807) is 19.1 Å². The number of aromatic nitrogens is 3. The molecule has 2 heterocycles. The number of hydrogen-bond acceptors (Lipinski definition) is 2. The Labute approximate surface area is 107 Å². The van der Waals surface area contributed by atoms with Crippen LogP contribution in [0, 0.1) is 6.92 Å². The van der Waals surface area contributed by atoms with Gasteiger partial charge in [0.25, 0.3) is 0 Å². The maximum atomic E-state index is 13.1. The van der Waals surface area contributed by atoms with Crippen molar-refractivity contribution in [2.45, 2.75) is 19.5 Å². The number of allylic oxidation sites excluding steroid dienone is 4. The van der Waals surface area contributed by atoms with Crippen LogP contribution in [0.5, 0.6) is 0 Å². The van der Waals surface area contributed by atoms with Gasteiger partial charge in [-0.3, -0.25) is 0 Å². The lowest BCUT2D eigenvalue weighted by Crippen LogP contribution is -2.14. The second kappa shape index (κ2) is 3.94. The van der Waals surface area contributed by atoms with Crippen molar-refractivity contribution in [1.29, 1.82) is 0 Å². The van der Waals surface area contributed by atoms with Gasteiger partial charge in [0.05, 0.1) is 11.4 Å². The van der Waals surface area contributed by atoms with Crippen molar-refractivity contribution in [1.82, 2.24) is 14.6 Å². The van der Waals surface area contributed by atoms with E-state index in [9.17, 15) is 13.2 Å². The second-order valence-corrected chi connectivity index (χ2v) is 4.40. The first-order chi connectivity index (χ1) is 8.95. The second-order valence-electron chi connectivity index (χ2n) is 4.40. The van der Waals surface area contributed by atoms with Gasteiger partial charge < -0.3 is 0 Å². The molecule has 0 bridgehead atoms. The van der Waals surface area contributed by atoms with Crippen molar-refractivity contribution in [3.63, 3.8) is 0 Å². The maximum Gasteiger partial charge on any atom is 0.433 e. The Bertz CT molecular complexity index is 708. The molecule has 3 nitrogen and oxygen atoms in total. The summed E-state index contributed by atoms with van der Waals surface area (Å²) in [6.45, 7) is 1.64. The smallest absolute Gasteiger partial charge is 0.229 e. The van der Waals surface area contributed by atoms with Crippen LogP contribution in [0.4, 0.5) is 13.2 Å². The first kappa shape index (κ1) is 12.0. The molecule has 0 spiro atoms. The molecule has 3 rings (SSSR count). The zero-order chi connectivity index (χ0) is 13.6. The summed E-state index contributed by atoms with van der Waals surface area (Å²) in [5, 5.41) is 3.85. The van der Waals surface area contributed by atoms with Crippen molar-refractivity contribution in [3.8, 4) is 0 Å². The lowest BCUT2D eigenvalue weighted by atomic mass is 10.1. The SMILES string of the molecule is Cc1cc2nc(C3=CC=CC3)cc(C(F)(F)F)n2n1. The van der Waals surface area contributed by atoms with E-state index >= 15 is 0 Å². The molecule has 2 aromatic rings. The molecule has 6 heteroatoms. The van der Waals surface area contributed by atoms with Crippen molar-refractivity contribution in [3.05, 3.63) is 47.4 Å². The lowest BCUT2D eigenvalue weighted by molar-refractivity contribution is -0.142. The van der Waals surface area contributed by atoms with Crippen LogP contribution in [0.3, 0.4) is 0 Å². The molecule has 98 valence electrons. The van der Waals surface area contributed by atoms with E-state index in [1.165, 1.54) is 0 Å². The van der Waals surface area contributed by atoms with Crippen LogP contribution in [0.2, 0.25) is 0 Å². The van der Waals surface area contributed by atoms with Crippen LogP contribution in [-0.4, -0.2) is 14.6 Å². The lowest BCUT2D eigenvalue weighted by Gasteiger charge is -2.11. The number of aryl methyl sites for hydroxylation is 1. The minimum atomic E-state index is -4.46. The van der Waals surface area contributed by atoms with Crippen LogP contribution < -0.4 is 0 Å². The van der Waals surface area contributed by atoms with E-state index in [-0.39, 0.29) is 5.65 Å². The predicted octanol–water partition coefficient (Wildman–Crippen LogP) is 3.40. The third-order valence-electron chi connectivity index (χ3n) is 2.94. The van der Waals surface area contributed by atoms with E-state index in [0.29, 0.717) is 17.8 Å². The number of rotatable bonds is 1. The third kappa shape index (κ3) is 2.03. The number of hydrogen-bond donors (Lipinski definition) is 0. The molecule has 0 aliphatic heterocycles. The summed E-state index contributed by atoms with van der Waals surface area (Å²) in [5.74, 6) is 0. The molecule has 1 aliphatic carbocycles. The van der Waals surface area contributed by atoms with E-state index < -0.39 is 11.9 Å². The fourth-order valence-corrected chi connectivity index (χ4v) is 2.09. The summed E-state index contributed by atoms with van der Waals surface area (Å²) in [4.78, 5) is 4.24. The maximum absolute atomic E-state index is 13.1. The van der Waals surface area contributed by atoms with Crippen molar-refractivity contribution in [2.24, 2.45) is 0 Å². The molecule has 0 saturated heterocycles. The molecule has 0 fully saturated rings. The number of nitrogens with zero attached hydrogens (tertiary/aromatic N) is 3. The van der Waals surface area contributed by atoms with E-state index in [4.69, 9.17) is 0 Å². The third-order valence-corrected chi connectivity index (χ3v) is 2.94. The predicted molar refractivity (Wildman–Crippen MR) is 64.5 cm³/mol. The Morgan fingerprint density at radius 3 is 2.68 bits per heavy atom. The van der Waals surface area contributed by atoms with Crippen LogP contribution in [0.1, 0.15) is 23.5 Å². The molecular weight excluding hydrogens is 255 g/mol. The molecule has 0 amide bonds. The molecule has 2 aromatic heterocycles. The number of alkyl halides is 3. The number of halogens is 3. The highest BCUT2D eigenvalue weighted by Crippen LogP contribution is 2.32. The fraction of sp³-hybridized carbons (Fsp3) is 0.231. The Hall–Kier alpha value is -2.11. The van der Waals surface area contributed by atoms with Crippen LogP contribution in [0.15, 0.2) is 30.4 Å². The molecule has 1 aliphatic rings. The fourth-order valence-electron chi connectivity index (χ4n) is 2.09. The van der Waals surface area contributed by atoms with Gasteiger partial charge in [-0.25, -0.2) is 9.50 Å². The zero-order valence-corrected chi connectivity index (χ0v) is 10.1. The molecule has 0 N–H and O–H groups in total. The summed E-state index contributed by atoms with van der Waals surface area (Å²) in [6.07, 6.45) is 1.63. The Balaban J connectivity index is 2.26. The summed E-state index contributed by atoms with van der Waals surface area (Å²) >= 11 is 0. The van der Waals surface area contributed by atoms with Gasteiger partial charge in [0, 0.05) is 6.07 Å². The van der Waals surface area contributed by atoms with Gasteiger partial charge in [-0.2, -0.15) is 18.3 Å². The van der Waals surface area contributed by atoms with Gasteiger partial charge in [-0.05, 0) is 25.0 Å². The first-order valence-electron chi connectivity index (χ1n) is 5.76. The highest BCUT2D eigenvalue weighted by atomic mass is 19.4. The summed E-state index contributed by atoms with van der Waals surface area (Å²) in [7, 11) is 0.